The number of allylic oxidation sites excluding steroid dienone is 1. The van der Waals surface area contributed by atoms with Gasteiger partial charge in [-0.25, -0.2) is 0 Å². The number of ether oxygens (including phenoxy) is 1. The molecule has 5 rings (SSSR count). The van der Waals surface area contributed by atoms with Gasteiger partial charge in [0.15, 0.2) is 11.5 Å². The number of ketones is 1. The number of aliphatic hydroxyl groups is 1. The third-order valence-electron chi connectivity index (χ3n) is 10.1. The standard InChI is InChI=1S/C27H40O4/c1-27-16-15-19-18-10-12-23(28)26(30)21(18)9-8-20(19)22(27)11-13-24(27)31-25(29)14-7-17-5-3-2-4-6-17/h17-20,22,24,30H,2-16H2,1H3/t18-,19-,20-,22+,24+,27+/m1/s1. The Morgan fingerprint density at radius 1 is 1.00 bits per heavy atom. The van der Waals surface area contributed by atoms with E-state index in [1.54, 1.807) is 0 Å². The smallest absolute Gasteiger partial charge is 0.306 e. The number of rotatable bonds is 4. The van der Waals surface area contributed by atoms with Gasteiger partial charge in [-0.2, -0.15) is 0 Å². The molecule has 4 heteroatoms. The van der Waals surface area contributed by atoms with Crippen LogP contribution in [-0.4, -0.2) is 23.0 Å². The van der Waals surface area contributed by atoms with Crippen LogP contribution in [0.15, 0.2) is 11.3 Å². The summed E-state index contributed by atoms with van der Waals surface area (Å²) < 4.78 is 6.16. The second-order valence-corrected chi connectivity index (χ2v) is 11.6. The summed E-state index contributed by atoms with van der Waals surface area (Å²) in [4.78, 5) is 24.7. The Kier molecular flexibility index (Phi) is 5.94. The maximum atomic E-state index is 12.7. The van der Waals surface area contributed by atoms with Crippen molar-refractivity contribution >= 4 is 11.8 Å². The van der Waals surface area contributed by atoms with Crippen LogP contribution in [-0.2, 0) is 14.3 Å². The van der Waals surface area contributed by atoms with Gasteiger partial charge in [0.25, 0.3) is 0 Å². The van der Waals surface area contributed by atoms with Crippen molar-refractivity contribution in [3.63, 3.8) is 0 Å². The first-order valence-corrected chi connectivity index (χ1v) is 13.1. The largest absolute Gasteiger partial charge is 0.504 e. The number of hydrogen-bond donors (Lipinski definition) is 1. The highest BCUT2D eigenvalue weighted by molar-refractivity contribution is 5.94. The fourth-order valence-corrected chi connectivity index (χ4v) is 8.42. The van der Waals surface area contributed by atoms with E-state index in [-0.39, 0.29) is 29.0 Å². The fraction of sp³-hybridized carbons (Fsp3) is 0.852. The normalized spacial score (nSPS) is 40.8. The van der Waals surface area contributed by atoms with Crippen LogP contribution in [0.5, 0.6) is 0 Å². The Bertz CT molecular complexity index is 748. The SMILES string of the molecule is C[C@]12CC[C@H]3[C@@H](CCC4=C(O)C(=O)CC[C@@H]43)[C@@H]1CC[C@@H]2OC(=O)CCC1CCCCC1. The number of carbonyl (C=O) groups is 2. The lowest BCUT2D eigenvalue weighted by atomic mass is 9.52. The molecular formula is C27H40O4. The average Bonchev–Trinajstić information content (AvgIpc) is 3.11. The molecule has 31 heavy (non-hydrogen) atoms. The van der Waals surface area contributed by atoms with E-state index < -0.39 is 0 Å². The number of esters is 1. The molecule has 0 aromatic rings. The lowest BCUT2D eigenvalue weighted by molar-refractivity contribution is -0.159. The van der Waals surface area contributed by atoms with Crippen molar-refractivity contribution in [3.8, 4) is 0 Å². The first-order valence-electron chi connectivity index (χ1n) is 13.1. The van der Waals surface area contributed by atoms with E-state index in [9.17, 15) is 14.7 Å². The van der Waals surface area contributed by atoms with Crippen molar-refractivity contribution < 1.29 is 19.4 Å². The molecule has 0 unspecified atom stereocenters. The molecule has 6 atom stereocenters. The summed E-state index contributed by atoms with van der Waals surface area (Å²) in [5, 5.41) is 10.4. The van der Waals surface area contributed by atoms with E-state index in [0.717, 1.165) is 62.9 Å². The van der Waals surface area contributed by atoms with Gasteiger partial charge >= 0.3 is 5.97 Å². The molecule has 0 aliphatic heterocycles. The molecule has 0 radical (unpaired) electrons. The molecule has 4 fully saturated rings. The Morgan fingerprint density at radius 2 is 1.81 bits per heavy atom. The van der Waals surface area contributed by atoms with Gasteiger partial charge in [0.05, 0.1) is 0 Å². The highest BCUT2D eigenvalue weighted by Crippen LogP contribution is 2.62. The maximum Gasteiger partial charge on any atom is 0.306 e. The Balaban J connectivity index is 1.22. The molecule has 4 saturated carbocycles. The van der Waals surface area contributed by atoms with Gasteiger partial charge in [-0.1, -0.05) is 39.0 Å². The van der Waals surface area contributed by atoms with Crippen LogP contribution in [0.1, 0.15) is 103 Å². The number of fused-ring (bicyclic) bond motifs is 5. The zero-order chi connectivity index (χ0) is 21.6. The van der Waals surface area contributed by atoms with E-state index >= 15 is 0 Å². The molecule has 172 valence electrons. The minimum atomic E-state index is -0.0496. The van der Waals surface area contributed by atoms with E-state index in [0.29, 0.717) is 36.5 Å². The molecular weight excluding hydrogens is 388 g/mol. The third-order valence-corrected chi connectivity index (χ3v) is 10.1. The third kappa shape index (κ3) is 3.86. The van der Waals surface area contributed by atoms with Gasteiger partial charge in [0.2, 0.25) is 0 Å². The summed E-state index contributed by atoms with van der Waals surface area (Å²) in [6.07, 6.45) is 16.1. The summed E-state index contributed by atoms with van der Waals surface area (Å²) in [6.45, 7) is 2.38. The van der Waals surface area contributed by atoms with Crippen molar-refractivity contribution in [1.82, 2.24) is 0 Å². The number of hydrogen-bond acceptors (Lipinski definition) is 4. The first kappa shape index (κ1) is 21.5. The molecule has 0 aromatic heterocycles. The van der Waals surface area contributed by atoms with E-state index in [1.807, 2.05) is 0 Å². The summed E-state index contributed by atoms with van der Waals surface area (Å²) in [5.41, 5.74) is 1.17. The molecule has 4 nitrogen and oxygen atoms in total. The summed E-state index contributed by atoms with van der Waals surface area (Å²) in [7, 11) is 0. The number of Topliss-reactive ketones (excluding diaryl/α,β-unsaturated/α-hetero) is 1. The molecule has 5 aliphatic rings. The second-order valence-electron chi connectivity index (χ2n) is 11.6. The lowest BCUT2D eigenvalue weighted by Gasteiger charge is -2.53. The van der Waals surface area contributed by atoms with Crippen LogP contribution in [0, 0.1) is 35.0 Å². The van der Waals surface area contributed by atoms with Crippen LogP contribution in [0.3, 0.4) is 0 Å². The summed E-state index contributed by atoms with van der Waals surface area (Å²) in [5.74, 6) is 3.07. The van der Waals surface area contributed by atoms with Crippen LogP contribution in [0.4, 0.5) is 0 Å². The van der Waals surface area contributed by atoms with Gasteiger partial charge in [-0.3, -0.25) is 9.59 Å². The van der Waals surface area contributed by atoms with E-state index in [1.165, 1.54) is 32.1 Å². The monoisotopic (exact) mass is 428 g/mol. The van der Waals surface area contributed by atoms with Crippen LogP contribution in [0.2, 0.25) is 0 Å². The Hall–Kier alpha value is -1.32. The second kappa shape index (κ2) is 8.56. The van der Waals surface area contributed by atoms with Crippen molar-refractivity contribution in [2.75, 3.05) is 0 Å². The predicted octanol–water partition coefficient (Wildman–Crippen LogP) is 6.29. The van der Waals surface area contributed by atoms with Crippen LogP contribution in [0.25, 0.3) is 0 Å². The minimum absolute atomic E-state index is 0.0316. The topological polar surface area (TPSA) is 63.6 Å². The number of carbonyl (C=O) groups excluding carboxylic acids is 2. The molecule has 0 saturated heterocycles. The summed E-state index contributed by atoms with van der Waals surface area (Å²) >= 11 is 0. The van der Waals surface area contributed by atoms with E-state index in [4.69, 9.17) is 4.74 Å². The predicted molar refractivity (Wildman–Crippen MR) is 119 cm³/mol. The minimum Gasteiger partial charge on any atom is -0.504 e. The molecule has 0 amide bonds. The Morgan fingerprint density at radius 3 is 2.61 bits per heavy atom. The first-order chi connectivity index (χ1) is 15.0. The molecule has 0 aromatic carbocycles. The lowest BCUT2D eigenvalue weighted by Crippen LogP contribution is -2.48. The fourth-order valence-electron chi connectivity index (χ4n) is 8.42. The van der Waals surface area contributed by atoms with Gasteiger partial charge in [-0.15, -0.1) is 0 Å². The van der Waals surface area contributed by atoms with Crippen LogP contribution >= 0.6 is 0 Å². The zero-order valence-electron chi connectivity index (χ0n) is 19.2. The molecule has 5 aliphatic carbocycles. The average molecular weight is 429 g/mol. The highest BCUT2D eigenvalue weighted by Gasteiger charge is 2.57. The van der Waals surface area contributed by atoms with Gasteiger partial charge in [-0.05, 0) is 86.5 Å². The van der Waals surface area contributed by atoms with Crippen LogP contribution < -0.4 is 0 Å². The van der Waals surface area contributed by atoms with Gasteiger partial charge < -0.3 is 9.84 Å². The van der Waals surface area contributed by atoms with Crippen molar-refractivity contribution in [2.45, 2.75) is 109 Å². The molecule has 0 heterocycles. The van der Waals surface area contributed by atoms with Gasteiger partial charge in [0, 0.05) is 18.3 Å². The molecule has 0 spiro atoms. The highest BCUT2D eigenvalue weighted by atomic mass is 16.5. The maximum absolute atomic E-state index is 12.7. The molecule has 1 N–H and O–H groups in total. The van der Waals surface area contributed by atoms with Crippen molar-refractivity contribution in [3.05, 3.63) is 11.3 Å². The Labute approximate surface area is 187 Å². The summed E-state index contributed by atoms with van der Waals surface area (Å²) in [6, 6.07) is 0. The van der Waals surface area contributed by atoms with Gasteiger partial charge in [0.1, 0.15) is 6.10 Å². The van der Waals surface area contributed by atoms with E-state index in [2.05, 4.69) is 6.92 Å². The number of aliphatic hydroxyl groups excluding tert-OH is 1. The molecule has 0 bridgehead atoms. The zero-order valence-corrected chi connectivity index (χ0v) is 19.2. The van der Waals surface area contributed by atoms with Crippen molar-refractivity contribution in [1.29, 1.82) is 0 Å². The van der Waals surface area contributed by atoms with Crippen molar-refractivity contribution in [2.24, 2.45) is 35.0 Å². The quantitative estimate of drug-likeness (QED) is 0.535.